The fraction of sp³-hybridized carbons (Fsp3) is 0.571. The molecule has 0 aliphatic rings. The molecule has 29 heavy (non-hydrogen) atoms. The summed E-state index contributed by atoms with van der Waals surface area (Å²) in [6, 6.07) is 0. The van der Waals surface area contributed by atoms with E-state index in [9.17, 15) is 0 Å². The van der Waals surface area contributed by atoms with E-state index in [0.29, 0.717) is 0 Å². The average Bonchev–Trinajstić information content (AvgIpc) is 2.73. The molecule has 0 spiro atoms. The van der Waals surface area contributed by atoms with Crippen molar-refractivity contribution in [3.63, 3.8) is 0 Å². The minimum atomic E-state index is 0.905. The Morgan fingerprint density at radius 1 is 0.517 bits per heavy atom. The van der Waals surface area contributed by atoms with Gasteiger partial charge in [-0.3, -0.25) is 0 Å². The summed E-state index contributed by atoms with van der Waals surface area (Å²) in [7, 11) is 0. The standard InChI is InChI=1S/C28H46O/c1-5-9-13-17-21-25-27(23-19-15-11-7-3)29-28(24-20-16-12-8-4)26-22-18-14-10-6-2/h17-26H,5-16H2,1-4H3/b21-17+,22-18+,23-19+,24-20+,27-25+,28-26+. The van der Waals surface area contributed by atoms with Crippen LogP contribution in [0.2, 0.25) is 0 Å². The van der Waals surface area contributed by atoms with Crippen molar-refractivity contribution in [1.82, 2.24) is 0 Å². The maximum absolute atomic E-state index is 6.27. The first-order chi connectivity index (χ1) is 14.3. The molecule has 0 bridgehead atoms. The molecule has 0 aromatic carbocycles. The lowest BCUT2D eigenvalue weighted by atomic mass is 10.2. The lowest BCUT2D eigenvalue weighted by Gasteiger charge is -2.07. The molecule has 0 saturated heterocycles. The second-order valence-electron chi connectivity index (χ2n) is 7.47. The molecule has 0 saturated carbocycles. The third-order valence-electron chi connectivity index (χ3n) is 4.49. The smallest absolute Gasteiger partial charge is 0.127 e. The minimum absolute atomic E-state index is 0.905. The summed E-state index contributed by atoms with van der Waals surface area (Å²) in [6.07, 6.45) is 35.8. The van der Waals surface area contributed by atoms with Gasteiger partial charge in [0, 0.05) is 0 Å². The summed E-state index contributed by atoms with van der Waals surface area (Å²) < 4.78 is 6.27. The van der Waals surface area contributed by atoms with E-state index in [0.717, 1.165) is 37.2 Å². The van der Waals surface area contributed by atoms with Crippen molar-refractivity contribution in [3.05, 3.63) is 72.3 Å². The summed E-state index contributed by atoms with van der Waals surface area (Å²) in [5, 5.41) is 0. The van der Waals surface area contributed by atoms with Gasteiger partial charge in [0.2, 0.25) is 0 Å². The molecule has 0 amide bonds. The highest BCUT2D eigenvalue weighted by molar-refractivity contribution is 5.25. The third-order valence-corrected chi connectivity index (χ3v) is 4.49. The van der Waals surface area contributed by atoms with Crippen LogP contribution in [0.3, 0.4) is 0 Å². The van der Waals surface area contributed by atoms with Crippen molar-refractivity contribution >= 4 is 0 Å². The first-order valence-electron chi connectivity index (χ1n) is 12.0. The Morgan fingerprint density at radius 3 is 1.21 bits per heavy atom. The van der Waals surface area contributed by atoms with E-state index in [2.05, 4.69) is 88.5 Å². The van der Waals surface area contributed by atoms with E-state index in [-0.39, 0.29) is 0 Å². The quantitative estimate of drug-likeness (QED) is 0.127. The molecule has 0 aromatic heterocycles. The largest absolute Gasteiger partial charge is 0.457 e. The zero-order chi connectivity index (χ0) is 21.4. The van der Waals surface area contributed by atoms with Gasteiger partial charge < -0.3 is 4.74 Å². The number of allylic oxidation sites excluding steroid dienone is 10. The molecule has 0 N–H and O–H groups in total. The first-order valence-corrected chi connectivity index (χ1v) is 12.0. The summed E-state index contributed by atoms with van der Waals surface area (Å²) in [4.78, 5) is 0. The van der Waals surface area contributed by atoms with Gasteiger partial charge in [-0.15, -0.1) is 0 Å². The van der Waals surface area contributed by atoms with Gasteiger partial charge in [0.15, 0.2) is 0 Å². The first kappa shape index (κ1) is 27.2. The fourth-order valence-corrected chi connectivity index (χ4v) is 2.59. The van der Waals surface area contributed by atoms with Crippen LogP contribution >= 0.6 is 0 Å². The SMILES string of the molecule is CCCC/C=C/C=C(\C=C\CCCC)OC(/C=C/CCCC)=C/C=C/CCCC. The molecule has 0 aliphatic carbocycles. The van der Waals surface area contributed by atoms with E-state index in [4.69, 9.17) is 4.74 Å². The maximum atomic E-state index is 6.27. The molecule has 0 atom stereocenters. The molecule has 0 aromatic rings. The van der Waals surface area contributed by atoms with E-state index >= 15 is 0 Å². The Morgan fingerprint density at radius 2 is 0.862 bits per heavy atom. The van der Waals surface area contributed by atoms with Gasteiger partial charge >= 0.3 is 0 Å². The van der Waals surface area contributed by atoms with Gasteiger partial charge in [-0.25, -0.2) is 0 Å². The van der Waals surface area contributed by atoms with Crippen molar-refractivity contribution in [3.8, 4) is 0 Å². The molecule has 164 valence electrons. The number of hydrogen-bond acceptors (Lipinski definition) is 1. The Bertz CT molecular complexity index is 481. The van der Waals surface area contributed by atoms with Crippen LogP contribution in [0.4, 0.5) is 0 Å². The van der Waals surface area contributed by atoms with Crippen molar-refractivity contribution in [1.29, 1.82) is 0 Å². The van der Waals surface area contributed by atoms with Gasteiger partial charge in [-0.2, -0.15) is 0 Å². The van der Waals surface area contributed by atoms with Gasteiger partial charge in [-0.05, 0) is 50.0 Å². The minimum Gasteiger partial charge on any atom is -0.457 e. The summed E-state index contributed by atoms with van der Waals surface area (Å²) in [5.41, 5.74) is 0. The lowest BCUT2D eigenvalue weighted by molar-refractivity contribution is 0.336. The second kappa shape index (κ2) is 22.5. The maximum Gasteiger partial charge on any atom is 0.127 e. The van der Waals surface area contributed by atoms with Crippen molar-refractivity contribution < 1.29 is 4.74 Å². The van der Waals surface area contributed by atoms with Gasteiger partial charge in [0.25, 0.3) is 0 Å². The average molecular weight is 399 g/mol. The van der Waals surface area contributed by atoms with Gasteiger partial charge in [0.1, 0.15) is 11.5 Å². The highest BCUT2D eigenvalue weighted by Gasteiger charge is 1.97. The van der Waals surface area contributed by atoms with Crippen LogP contribution in [-0.2, 0) is 4.74 Å². The fourth-order valence-electron chi connectivity index (χ4n) is 2.59. The number of rotatable bonds is 18. The molecule has 0 unspecified atom stereocenters. The van der Waals surface area contributed by atoms with Crippen LogP contribution in [0.5, 0.6) is 0 Å². The van der Waals surface area contributed by atoms with Crippen LogP contribution in [-0.4, -0.2) is 0 Å². The van der Waals surface area contributed by atoms with Gasteiger partial charge in [-0.1, -0.05) is 116 Å². The Kier molecular flexibility index (Phi) is 21.2. The van der Waals surface area contributed by atoms with Crippen molar-refractivity contribution in [2.45, 2.75) is 105 Å². The summed E-state index contributed by atoms with van der Waals surface area (Å²) in [6.45, 7) is 8.91. The molecule has 1 heteroatoms. The molecule has 0 heterocycles. The molecule has 0 aliphatic heterocycles. The Hall–Kier alpha value is -1.76. The van der Waals surface area contributed by atoms with Crippen LogP contribution in [0.1, 0.15) is 105 Å². The zero-order valence-electron chi connectivity index (χ0n) is 19.7. The monoisotopic (exact) mass is 398 g/mol. The predicted octanol–water partition coefficient (Wildman–Crippen LogP) is 9.76. The van der Waals surface area contributed by atoms with Crippen LogP contribution < -0.4 is 0 Å². The summed E-state index contributed by atoms with van der Waals surface area (Å²) in [5.74, 6) is 1.81. The zero-order valence-corrected chi connectivity index (χ0v) is 19.7. The Labute approximate surface area is 182 Å². The van der Waals surface area contributed by atoms with Crippen LogP contribution in [0.25, 0.3) is 0 Å². The summed E-state index contributed by atoms with van der Waals surface area (Å²) >= 11 is 0. The molecular weight excluding hydrogens is 352 g/mol. The normalized spacial score (nSPS) is 13.7. The van der Waals surface area contributed by atoms with Crippen LogP contribution in [0.15, 0.2) is 72.3 Å². The van der Waals surface area contributed by atoms with Crippen molar-refractivity contribution in [2.75, 3.05) is 0 Å². The topological polar surface area (TPSA) is 9.23 Å². The third kappa shape index (κ3) is 19.3. The second-order valence-corrected chi connectivity index (χ2v) is 7.47. The molecule has 0 fully saturated rings. The van der Waals surface area contributed by atoms with E-state index in [1.165, 1.54) is 51.4 Å². The van der Waals surface area contributed by atoms with Gasteiger partial charge in [0.05, 0.1) is 0 Å². The molecular formula is C28H46O. The molecule has 1 nitrogen and oxygen atoms in total. The number of unbranched alkanes of at least 4 members (excludes halogenated alkanes) is 8. The highest BCUT2D eigenvalue weighted by atomic mass is 16.5. The van der Waals surface area contributed by atoms with Crippen LogP contribution in [0, 0.1) is 0 Å². The molecule has 0 radical (unpaired) electrons. The number of ether oxygens (including phenoxy) is 1. The number of hydrogen-bond donors (Lipinski definition) is 0. The predicted molar refractivity (Wildman–Crippen MR) is 132 cm³/mol. The lowest BCUT2D eigenvalue weighted by Crippen LogP contribution is -1.89. The molecule has 0 rings (SSSR count). The van der Waals surface area contributed by atoms with Crippen molar-refractivity contribution in [2.24, 2.45) is 0 Å². The highest BCUT2D eigenvalue weighted by Crippen LogP contribution is 2.13. The van der Waals surface area contributed by atoms with E-state index in [1.807, 2.05) is 0 Å². The Balaban J connectivity index is 5.22. The van der Waals surface area contributed by atoms with E-state index < -0.39 is 0 Å². The van der Waals surface area contributed by atoms with E-state index in [1.54, 1.807) is 0 Å².